The van der Waals surface area contributed by atoms with E-state index in [0.717, 1.165) is 47.0 Å². The van der Waals surface area contributed by atoms with E-state index < -0.39 is 0 Å². The van der Waals surface area contributed by atoms with Crippen molar-refractivity contribution in [3.63, 3.8) is 0 Å². The molecule has 0 unspecified atom stereocenters. The highest BCUT2D eigenvalue weighted by molar-refractivity contribution is 7.22. The van der Waals surface area contributed by atoms with Gasteiger partial charge in [-0.3, -0.25) is 4.79 Å². The molecule has 27 heavy (non-hydrogen) atoms. The summed E-state index contributed by atoms with van der Waals surface area (Å²) in [5, 5.41) is 11.5. The molecule has 142 valence electrons. The zero-order valence-electron chi connectivity index (χ0n) is 15.3. The summed E-state index contributed by atoms with van der Waals surface area (Å²) in [6, 6.07) is 5.91. The predicted octanol–water partition coefficient (Wildman–Crippen LogP) is 2.53. The minimum Gasteiger partial charge on any atom is -0.497 e. The van der Waals surface area contributed by atoms with Crippen molar-refractivity contribution in [2.75, 3.05) is 25.1 Å². The molecule has 2 aromatic heterocycles. The Morgan fingerprint density at radius 3 is 2.89 bits per heavy atom. The van der Waals surface area contributed by atoms with Gasteiger partial charge in [0.15, 0.2) is 5.13 Å². The molecular formula is C18H21N5O3S. The molecule has 9 heteroatoms. The molecule has 0 radical (unpaired) electrons. The van der Waals surface area contributed by atoms with Crippen LogP contribution in [0.4, 0.5) is 5.13 Å². The number of aromatic nitrogens is 3. The van der Waals surface area contributed by atoms with Gasteiger partial charge in [-0.1, -0.05) is 11.3 Å². The molecule has 1 saturated heterocycles. The van der Waals surface area contributed by atoms with Gasteiger partial charge in [-0.25, -0.2) is 4.98 Å². The highest BCUT2D eigenvalue weighted by Crippen LogP contribution is 2.33. The number of rotatable bonds is 5. The van der Waals surface area contributed by atoms with E-state index in [-0.39, 0.29) is 18.4 Å². The minimum absolute atomic E-state index is 0.000240. The number of hydrogen-bond acceptors (Lipinski definition) is 8. The van der Waals surface area contributed by atoms with Crippen molar-refractivity contribution >= 4 is 32.6 Å². The van der Waals surface area contributed by atoms with Gasteiger partial charge >= 0.3 is 0 Å². The number of benzene rings is 1. The number of methoxy groups -OCH3 is 1. The van der Waals surface area contributed by atoms with Crippen LogP contribution in [0, 0.1) is 12.8 Å². The van der Waals surface area contributed by atoms with Gasteiger partial charge in [0, 0.05) is 25.9 Å². The van der Waals surface area contributed by atoms with E-state index in [1.165, 1.54) is 0 Å². The molecule has 0 saturated carbocycles. The smallest absolute Gasteiger partial charge is 0.235 e. The van der Waals surface area contributed by atoms with Crippen LogP contribution in [0.25, 0.3) is 10.2 Å². The summed E-state index contributed by atoms with van der Waals surface area (Å²) in [5.74, 6) is 1.81. The number of aryl methyl sites for hydroxylation is 1. The summed E-state index contributed by atoms with van der Waals surface area (Å²) < 4.78 is 11.7. The average molecular weight is 387 g/mol. The zero-order chi connectivity index (χ0) is 18.8. The third-order valence-electron chi connectivity index (χ3n) is 4.70. The molecule has 3 heterocycles. The van der Waals surface area contributed by atoms with Crippen LogP contribution in [-0.2, 0) is 11.3 Å². The Hall–Kier alpha value is -2.68. The minimum atomic E-state index is -0.000240. The quantitative estimate of drug-likeness (QED) is 0.719. The standard InChI is InChI=1S/C18H21N5O3S/c1-11-21-22-16(26-11)10-19-17(24)12-5-7-23(8-6-12)18-20-14-4-3-13(25-2)9-15(14)27-18/h3-4,9,12H,5-8,10H2,1-2H3,(H,19,24). The number of nitrogens with zero attached hydrogens (tertiary/aromatic N) is 4. The van der Waals surface area contributed by atoms with Crippen molar-refractivity contribution in [3.8, 4) is 5.75 Å². The van der Waals surface area contributed by atoms with Crippen LogP contribution in [0.1, 0.15) is 24.6 Å². The maximum absolute atomic E-state index is 12.4. The molecule has 1 fully saturated rings. The first-order valence-corrected chi connectivity index (χ1v) is 9.70. The second-order valence-electron chi connectivity index (χ2n) is 6.52. The summed E-state index contributed by atoms with van der Waals surface area (Å²) in [6.07, 6.45) is 1.60. The number of carbonyl (C=O) groups excluding carboxylic acids is 1. The van der Waals surface area contributed by atoms with Crippen LogP contribution in [0.3, 0.4) is 0 Å². The summed E-state index contributed by atoms with van der Waals surface area (Å²) in [5.41, 5.74) is 0.977. The summed E-state index contributed by atoms with van der Waals surface area (Å²) in [7, 11) is 1.67. The second kappa shape index (κ2) is 7.51. The maximum Gasteiger partial charge on any atom is 0.235 e. The summed E-state index contributed by atoms with van der Waals surface area (Å²) in [4.78, 5) is 19.4. The SMILES string of the molecule is COc1ccc2nc(N3CCC(C(=O)NCc4nnc(C)o4)CC3)sc2c1. The number of carbonyl (C=O) groups is 1. The highest BCUT2D eigenvalue weighted by Gasteiger charge is 2.26. The molecule has 3 aromatic rings. The van der Waals surface area contributed by atoms with Gasteiger partial charge < -0.3 is 19.4 Å². The monoisotopic (exact) mass is 387 g/mol. The van der Waals surface area contributed by atoms with E-state index >= 15 is 0 Å². The molecule has 8 nitrogen and oxygen atoms in total. The average Bonchev–Trinajstić information content (AvgIpc) is 3.31. The van der Waals surface area contributed by atoms with Crippen molar-refractivity contribution in [2.45, 2.75) is 26.3 Å². The number of piperidine rings is 1. The van der Waals surface area contributed by atoms with Crippen molar-refractivity contribution < 1.29 is 13.9 Å². The molecule has 4 rings (SSSR count). The number of nitrogens with one attached hydrogen (secondary N) is 1. The van der Waals surface area contributed by atoms with Gasteiger partial charge in [0.25, 0.3) is 0 Å². The summed E-state index contributed by atoms with van der Waals surface area (Å²) in [6.45, 7) is 3.63. The van der Waals surface area contributed by atoms with Crippen LogP contribution in [-0.4, -0.2) is 41.3 Å². The Bertz CT molecular complexity index is 946. The lowest BCUT2D eigenvalue weighted by Gasteiger charge is -2.30. The number of hydrogen-bond donors (Lipinski definition) is 1. The maximum atomic E-state index is 12.4. The number of amides is 1. The first kappa shape index (κ1) is 17.7. The van der Waals surface area contributed by atoms with Crippen LogP contribution in [0.5, 0.6) is 5.75 Å². The van der Waals surface area contributed by atoms with E-state index in [0.29, 0.717) is 11.8 Å². The predicted molar refractivity (Wildman–Crippen MR) is 102 cm³/mol. The Balaban J connectivity index is 1.33. The lowest BCUT2D eigenvalue weighted by atomic mass is 9.96. The Labute approximate surface area is 160 Å². The first-order valence-electron chi connectivity index (χ1n) is 8.88. The molecule has 0 aliphatic carbocycles. The van der Waals surface area contributed by atoms with Crippen molar-refractivity contribution in [1.29, 1.82) is 0 Å². The topological polar surface area (TPSA) is 93.4 Å². The molecule has 0 atom stereocenters. The normalized spacial score (nSPS) is 15.3. The van der Waals surface area contributed by atoms with E-state index in [9.17, 15) is 4.79 Å². The molecule has 1 aliphatic heterocycles. The van der Waals surface area contributed by atoms with Gasteiger partial charge in [-0.05, 0) is 31.0 Å². The zero-order valence-corrected chi connectivity index (χ0v) is 16.1. The number of thiazole rings is 1. The number of ether oxygens (including phenoxy) is 1. The fourth-order valence-electron chi connectivity index (χ4n) is 3.20. The van der Waals surface area contributed by atoms with E-state index in [4.69, 9.17) is 14.1 Å². The first-order chi connectivity index (χ1) is 13.1. The number of anilines is 1. The van der Waals surface area contributed by atoms with E-state index in [1.807, 2.05) is 18.2 Å². The Kier molecular flexibility index (Phi) is 4.93. The van der Waals surface area contributed by atoms with Gasteiger partial charge in [0.05, 0.1) is 23.9 Å². The fourth-order valence-corrected chi connectivity index (χ4v) is 4.25. The Morgan fingerprint density at radius 2 is 2.19 bits per heavy atom. The van der Waals surface area contributed by atoms with E-state index in [2.05, 4.69) is 20.4 Å². The van der Waals surface area contributed by atoms with Crippen LogP contribution < -0.4 is 15.0 Å². The van der Waals surface area contributed by atoms with Gasteiger partial charge in [0.2, 0.25) is 17.7 Å². The van der Waals surface area contributed by atoms with Crippen molar-refractivity contribution in [1.82, 2.24) is 20.5 Å². The lowest BCUT2D eigenvalue weighted by Crippen LogP contribution is -2.40. The van der Waals surface area contributed by atoms with Gasteiger partial charge in [-0.2, -0.15) is 0 Å². The number of fused-ring (bicyclic) bond motifs is 1. The van der Waals surface area contributed by atoms with Gasteiger partial charge in [-0.15, -0.1) is 10.2 Å². The third kappa shape index (κ3) is 3.87. The molecule has 0 spiro atoms. The van der Waals surface area contributed by atoms with Crippen LogP contribution in [0.2, 0.25) is 0 Å². The van der Waals surface area contributed by atoms with Crippen molar-refractivity contribution in [2.24, 2.45) is 5.92 Å². The van der Waals surface area contributed by atoms with Crippen LogP contribution >= 0.6 is 11.3 Å². The van der Waals surface area contributed by atoms with Crippen molar-refractivity contribution in [3.05, 3.63) is 30.0 Å². The highest BCUT2D eigenvalue weighted by atomic mass is 32.1. The lowest BCUT2D eigenvalue weighted by molar-refractivity contribution is -0.125. The van der Waals surface area contributed by atoms with E-state index in [1.54, 1.807) is 25.4 Å². The second-order valence-corrected chi connectivity index (χ2v) is 7.53. The molecule has 1 aromatic carbocycles. The molecule has 1 N–H and O–H groups in total. The molecular weight excluding hydrogens is 366 g/mol. The summed E-state index contributed by atoms with van der Waals surface area (Å²) >= 11 is 1.66. The molecule has 0 bridgehead atoms. The molecule has 1 amide bonds. The largest absolute Gasteiger partial charge is 0.497 e. The Morgan fingerprint density at radius 1 is 1.37 bits per heavy atom. The van der Waals surface area contributed by atoms with Gasteiger partial charge in [0.1, 0.15) is 5.75 Å². The third-order valence-corrected chi connectivity index (χ3v) is 5.78. The fraction of sp³-hybridized carbons (Fsp3) is 0.444. The van der Waals surface area contributed by atoms with Crippen LogP contribution in [0.15, 0.2) is 22.6 Å². The molecule has 1 aliphatic rings.